The van der Waals surface area contributed by atoms with Gasteiger partial charge in [-0.05, 0) is 50.2 Å². The molecule has 3 heterocycles. The third kappa shape index (κ3) is 3.54. The molecule has 1 fully saturated rings. The van der Waals surface area contributed by atoms with Crippen LogP contribution in [-0.2, 0) is 13.0 Å². The van der Waals surface area contributed by atoms with E-state index in [1.807, 2.05) is 19.1 Å². The van der Waals surface area contributed by atoms with Gasteiger partial charge in [0.2, 0.25) is 0 Å². The molecule has 0 radical (unpaired) electrons. The van der Waals surface area contributed by atoms with Gasteiger partial charge in [-0.1, -0.05) is 18.2 Å². The van der Waals surface area contributed by atoms with Gasteiger partial charge in [0.25, 0.3) is 0 Å². The fourth-order valence-corrected chi connectivity index (χ4v) is 4.20. The summed E-state index contributed by atoms with van der Waals surface area (Å²) in [5.41, 5.74) is 3.43. The lowest BCUT2D eigenvalue weighted by Crippen LogP contribution is -2.37. The predicted molar refractivity (Wildman–Crippen MR) is 102 cm³/mol. The molecule has 0 spiro atoms. The van der Waals surface area contributed by atoms with E-state index in [4.69, 9.17) is 14.8 Å². The first-order chi connectivity index (χ1) is 12.7. The topological polar surface area (TPSA) is 58.5 Å². The number of hydrogen-bond donors (Lipinski definition) is 1. The molecule has 1 aromatic carbocycles. The van der Waals surface area contributed by atoms with Crippen molar-refractivity contribution in [1.82, 2.24) is 9.97 Å². The van der Waals surface area contributed by atoms with Gasteiger partial charge in [0.05, 0.1) is 5.69 Å². The van der Waals surface area contributed by atoms with E-state index in [9.17, 15) is 0 Å². The molecule has 1 N–H and O–H groups in total. The minimum absolute atomic E-state index is 0.284. The number of para-hydroxylation sites is 1. The minimum atomic E-state index is 0.284. The minimum Gasteiger partial charge on any atom is -0.487 e. The Kier molecular flexibility index (Phi) is 5.07. The van der Waals surface area contributed by atoms with Gasteiger partial charge in [0.15, 0.2) is 0 Å². The number of aryl methyl sites for hydroxylation is 1. The molecule has 1 saturated heterocycles. The highest BCUT2D eigenvalue weighted by Gasteiger charge is 2.26. The largest absolute Gasteiger partial charge is 0.487 e. The zero-order valence-electron chi connectivity index (χ0n) is 15.4. The van der Waals surface area contributed by atoms with Crippen LogP contribution < -0.4 is 9.64 Å². The van der Waals surface area contributed by atoms with E-state index in [1.165, 1.54) is 24.0 Å². The van der Waals surface area contributed by atoms with E-state index >= 15 is 0 Å². The molecule has 138 valence electrons. The molecule has 0 aliphatic carbocycles. The second-order valence-electron chi connectivity index (χ2n) is 7.41. The lowest BCUT2D eigenvalue weighted by Gasteiger charge is -2.35. The number of benzene rings is 1. The Balaban J connectivity index is 1.66. The van der Waals surface area contributed by atoms with Gasteiger partial charge in [-0.3, -0.25) is 0 Å². The molecule has 1 aromatic heterocycles. The molecule has 5 nitrogen and oxygen atoms in total. The van der Waals surface area contributed by atoms with Crippen molar-refractivity contribution in [1.29, 1.82) is 0 Å². The molecule has 0 bridgehead atoms. The zero-order valence-corrected chi connectivity index (χ0v) is 15.4. The molecule has 4 rings (SSSR count). The first-order valence-corrected chi connectivity index (χ1v) is 9.67. The summed E-state index contributed by atoms with van der Waals surface area (Å²) in [6.07, 6.45) is 5.22. The monoisotopic (exact) mass is 353 g/mol. The van der Waals surface area contributed by atoms with Crippen LogP contribution in [0, 0.1) is 12.8 Å². The van der Waals surface area contributed by atoms with E-state index in [0.29, 0.717) is 12.5 Å². The Morgan fingerprint density at radius 1 is 1.27 bits per heavy atom. The SMILES string of the molecule is Cc1nc2c(c(N3CCC[C@H](CCCO)C3)n1)Cc1ccccc1OC2. The fourth-order valence-electron chi connectivity index (χ4n) is 4.20. The quantitative estimate of drug-likeness (QED) is 0.914. The molecule has 5 heteroatoms. The Morgan fingerprint density at radius 3 is 3.04 bits per heavy atom. The summed E-state index contributed by atoms with van der Waals surface area (Å²) >= 11 is 0. The Morgan fingerprint density at radius 2 is 2.15 bits per heavy atom. The van der Waals surface area contributed by atoms with Crippen molar-refractivity contribution < 1.29 is 9.84 Å². The number of ether oxygens (including phenoxy) is 1. The van der Waals surface area contributed by atoms with Gasteiger partial charge in [0.1, 0.15) is 24.0 Å². The lowest BCUT2D eigenvalue weighted by molar-refractivity contribution is 0.263. The van der Waals surface area contributed by atoms with E-state index in [1.54, 1.807) is 0 Å². The first kappa shape index (κ1) is 17.3. The molecule has 2 aliphatic heterocycles. The fraction of sp³-hybridized carbons (Fsp3) is 0.524. The Bertz CT molecular complexity index is 778. The maximum Gasteiger partial charge on any atom is 0.136 e. The number of piperidine rings is 1. The standard InChI is InChI=1S/C21H27N3O2/c1-15-22-19-14-26-20-9-3-2-8-17(20)12-18(19)21(23-15)24-10-4-6-16(13-24)7-5-11-25/h2-3,8-9,16,25H,4-7,10-14H2,1H3/t16-/m1/s1. The summed E-state index contributed by atoms with van der Waals surface area (Å²) < 4.78 is 6.01. The summed E-state index contributed by atoms with van der Waals surface area (Å²) in [7, 11) is 0. The molecular weight excluding hydrogens is 326 g/mol. The van der Waals surface area contributed by atoms with Crippen LogP contribution in [0.5, 0.6) is 5.75 Å². The van der Waals surface area contributed by atoms with Crippen molar-refractivity contribution in [2.24, 2.45) is 5.92 Å². The van der Waals surface area contributed by atoms with Gasteiger partial charge >= 0.3 is 0 Å². The van der Waals surface area contributed by atoms with Crippen LogP contribution in [0.25, 0.3) is 0 Å². The van der Waals surface area contributed by atoms with Gasteiger partial charge < -0.3 is 14.7 Å². The van der Waals surface area contributed by atoms with Crippen LogP contribution in [0.2, 0.25) is 0 Å². The third-order valence-electron chi connectivity index (χ3n) is 5.48. The molecule has 26 heavy (non-hydrogen) atoms. The number of aliphatic hydroxyl groups is 1. The van der Waals surface area contributed by atoms with Crippen molar-refractivity contribution in [3.05, 3.63) is 46.9 Å². The summed E-state index contributed by atoms with van der Waals surface area (Å²) in [6.45, 7) is 4.82. The van der Waals surface area contributed by atoms with Crippen molar-refractivity contribution in [3.63, 3.8) is 0 Å². The normalized spacial score (nSPS) is 19.3. The van der Waals surface area contributed by atoms with Crippen LogP contribution in [0.1, 0.15) is 48.3 Å². The summed E-state index contributed by atoms with van der Waals surface area (Å²) in [5, 5.41) is 9.15. The van der Waals surface area contributed by atoms with Crippen LogP contribution in [0.3, 0.4) is 0 Å². The molecule has 2 aromatic rings. The molecule has 0 amide bonds. The smallest absolute Gasteiger partial charge is 0.136 e. The predicted octanol–water partition coefficient (Wildman–Crippen LogP) is 3.26. The molecular formula is C21H27N3O2. The molecule has 1 atom stereocenters. The van der Waals surface area contributed by atoms with Crippen molar-refractivity contribution in [2.75, 3.05) is 24.6 Å². The zero-order chi connectivity index (χ0) is 17.9. The molecule has 0 unspecified atom stereocenters. The number of hydrogen-bond acceptors (Lipinski definition) is 5. The maximum atomic E-state index is 9.15. The second kappa shape index (κ2) is 7.62. The van der Waals surface area contributed by atoms with Gasteiger partial charge in [-0.25, -0.2) is 9.97 Å². The Hall–Kier alpha value is -2.14. The van der Waals surface area contributed by atoms with E-state index in [0.717, 1.165) is 55.4 Å². The number of anilines is 1. The van der Waals surface area contributed by atoms with E-state index in [2.05, 4.69) is 22.0 Å². The third-order valence-corrected chi connectivity index (χ3v) is 5.48. The number of fused-ring (bicyclic) bond motifs is 2. The summed E-state index contributed by atoms with van der Waals surface area (Å²) in [4.78, 5) is 12.0. The number of aromatic nitrogens is 2. The lowest BCUT2D eigenvalue weighted by atomic mass is 9.93. The van der Waals surface area contributed by atoms with Crippen molar-refractivity contribution in [3.8, 4) is 5.75 Å². The number of nitrogens with zero attached hydrogens (tertiary/aromatic N) is 3. The van der Waals surface area contributed by atoms with Crippen LogP contribution in [0.4, 0.5) is 5.82 Å². The van der Waals surface area contributed by atoms with Gasteiger partial charge in [-0.2, -0.15) is 0 Å². The van der Waals surface area contributed by atoms with Gasteiger partial charge in [-0.15, -0.1) is 0 Å². The van der Waals surface area contributed by atoms with E-state index in [-0.39, 0.29) is 6.61 Å². The molecule has 2 aliphatic rings. The highest BCUT2D eigenvalue weighted by atomic mass is 16.5. The van der Waals surface area contributed by atoms with Crippen molar-refractivity contribution >= 4 is 5.82 Å². The summed E-state index contributed by atoms with van der Waals surface area (Å²) in [5.74, 6) is 3.48. The molecule has 0 saturated carbocycles. The average Bonchev–Trinajstić information content (AvgIpc) is 2.85. The Labute approximate surface area is 155 Å². The van der Waals surface area contributed by atoms with Crippen LogP contribution >= 0.6 is 0 Å². The van der Waals surface area contributed by atoms with Crippen LogP contribution in [-0.4, -0.2) is 34.8 Å². The van der Waals surface area contributed by atoms with Crippen LogP contribution in [0.15, 0.2) is 24.3 Å². The van der Waals surface area contributed by atoms with Crippen molar-refractivity contribution in [2.45, 2.75) is 45.6 Å². The maximum absolute atomic E-state index is 9.15. The van der Waals surface area contributed by atoms with E-state index < -0.39 is 0 Å². The number of aliphatic hydroxyl groups excluding tert-OH is 1. The number of rotatable bonds is 4. The van der Waals surface area contributed by atoms with Gasteiger partial charge in [0, 0.05) is 31.7 Å². The highest BCUT2D eigenvalue weighted by Crippen LogP contribution is 2.34. The average molecular weight is 353 g/mol. The summed E-state index contributed by atoms with van der Waals surface area (Å²) in [6, 6.07) is 8.25. The highest BCUT2D eigenvalue weighted by molar-refractivity contribution is 5.54. The first-order valence-electron chi connectivity index (χ1n) is 9.67. The second-order valence-corrected chi connectivity index (χ2v) is 7.41.